The van der Waals surface area contributed by atoms with E-state index in [0.29, 0.717) is 13.2 Å². The molecular weight excluding hydrogens is 170 g/mol. The van der Waals surface area contributed by atoms with E-state index in [1.54, 1.807) is 4.90 Å². The largest absolute Gasteiger partial charge is 0.388 e. The van der Waals surface area contributed by atoms with Gasteiger partial charge in [-0.1, -0.05) is 13.8 Å². The molecule has 1 N–H and O–H groups in total. The van der Waals surface area contributed by atoms with Crippen molar-refractivity contribution < 1.29 is 14.6 Å². The summed E-state index contributed by atoms with van der Waals surface area (Å²) in [5.41, 5.74) is 0. The summed E-state index contributed by atoms with van der Waals surface area (Å²) >= 11 is 0. The summed E-state index contributed by atoms with van der Waals surface area (Å²) in [6, 6.07) is -0.0973. The van der Waals surface area contributed by atoms with Gasteiger partial charge < -0.3 is 14.7 Å². The van der Waals surface area contributed by atoms with E-state index in [1.165, 1.54) is 0 Å². The first kappa shape index (κ1) is 8.97. The molecule has 2 heterocycles. The molecule has 1 amide bonds. The summed E-state index contributed by atoms with van der Waals surface area (Å²) in [7, 11) is 0. The molecule has 0 spiro atoms. The van der Waals surface area contributed by atoms with E-state index in [-0.39, 0.29) is 24.0 Å². The van der Waals surface area contributed by atoms with Gasteiger partial charge in [0.1, 0.15) is 12.2 Å². The molecule has 4 nitrogen and oxygen atoms in total. The molecular formula is C9H15NO3. The van der Waals surface area contributed by atoms with Gasteiger partial charge in [0.2, 0.25) is 5.91 Å². The summed E-state index contributed by atoms with van der Waals surface area (Å²) < 4.78 is 5.28. The number of morpholine rings is 1. The van der Waals surface area contributed by atoms with Crippen LogP contribution in [0.1, 0.15) is 13.8 Å². The SMILES string of the molecule is CC(C)C(=O)N1CC2OCC1C2O. The van der Waals surface area contributed by atoms with Gasteiger partial charge in [0.05, 0.1) is 12.6 Å². The van der Waals surface area contributed by atoms with E-state index in [4.69, 9.17) is 4.74 Å². The summed E-state index contributed by atoms with van der Waals surface area (Å²) in [4.78, 5) is 13.4. The topological polar surface area (TPSA) is 49.8 Å². The molecule has 2 saturated heterocycles. The molecule has 0 aliphatic carbocycles. The van der Waals surface area contributed by atoms with Crippen LogP contribution in [0.15, 0.2) is 0 Å². The number of rotatable bonds is 1. The highest BCUT2D eigenvalue weighted by atomic mass is 16.5. The minimum Gasteiger partial charge on any atom is -0.388 e. The Labute approximate surface area is 77.5 Å². The first-order valence-electron chi connectivity index (χ1n) is 4.71. The van der Waals surface area contributed by atoms with Crippen molar-refractivity contribution >= 4 is 5.91 Å². The zero-order chi connectivity index (χ0) is 9.59. The van der Waals surface area contributed by atoms with Crippen LogP contribution in [-0.4, -0.2) is 47.3 Å². The van der Waals surface area contributed by atoms with E-state index >= 15 is 0 Å². The van der Waals surface area contributed by atoms with Crippen molar-refractivity contribution in [3.8, 4) is 0 Å². The van der Waals surface area contributed by atoms with Crippen LogP contribution in [0.2, 0.25) is 0 Å². The van der Waals surface area contributed by atoms with Crippen LogP contribution in [0.25, 0.3) is 0 Å². The summed E-state index contributed by atoms with van der Waals surface area (Å²) in [5.74, 6) is 0.126. The first-order valence-corrected chi connectivity index (χ1v) is 4.71. The average molecular weight is 185 g/mol. The van der Waals surface area contributed by atoms with Crippen LogP contribution < -0.4 is 0 Å². The fourth-order valence-corrected chi connectivity index (χ4v) is 2.02. The lowest BCUT2D eigenvalue weighted by atomic mass is 10.1. The molecule has 0 aromatic carbocycles. The Hall–Kier alpha value is -0.610. The molecule has 3 unspecified atom stereocenters. The Balaban J connectivity index is 2.08. The van der Waals surface area contributed by atoms with Gasteiger partial charge in [0.25, 0.3) is 0 Å². The highest BCUT2D eigenvalue weighted by Crippen LogP contribution is 2.29. The smallest absolute Gasteiger partial charge is 0.225 e. The standard InChI is InChI=1S/C9H15NO3/c1-5(2)9(12)10-3-7-8(11)6(10)4-13-7/h5-8,11H,3-4H2,1-2H3. The second-order valence-electron chi connectivity index (χ2n) is 4.08. The van der Waals surface area contributed by atoms with Crippen molar-refractivity contribution in [2.24, 2.45) is 5.92 Å². The number of hydrogen-bond donors (Lipinski definition) is 1. The molecule has 0 aromatic rings. The summed E-state index contributed by atoms with van der Waals surface area (Å²) in [6.45, 7) is 4.80. The lowest BCUT2D eigenvalue weighted by Crippen LogP contribution is -2.44. The minimum absolute atomic E-state index is 0.00606. The number of hydrogen-bond acceptors (Lipinski definition) is 3. The van der Waals surface area contributed by atoms with Gasteiger partial charge in [0.15, 0.2) is 0 Å². The van der Waals surface area contributed by atoms with Crippen molar-refractivity contribution in [2.75, 3.05) is 13.2 Å². The lowest BCUT2D eigenvalue weighted by molar-refractivity contribution is -0.139. The maximum absolute atomic E-state index is 11.6. The molecule has 13 heavy (non-hydrogen) atoms. The van der Waals surface area contributed by atoms with Crippen molar-refractivity contribution in [2.45, 2.75) is 32.1 Å². The number of nitrogens with zero attached hydrogens (tertiary/aromatic N) is 1. The van der Waals surface area contributed by atoms with Crippen LogP contribution >= 0.6 is 0 Å². The molecule has 2 bridgehead atoms. The van der Waals surface area contributed by atoms with Crippen molar-refractivity contribution in [3.63, 3.8) is 0 Å². The normalized spacial score (nSPS) is 37.5. The van der Waals surface area contributed by atoms with Crippen molar-refractivity contribution in [3.05, 3.63) is 0 Å². The molecule has 2 aliphatic heterocycles. The fraction of sp³-hybridized carbons (Fsp3) is 0.889. The Morgan fingerprint density at radius 2 is 2.31 bits per heavy atom. The van der Waals surface area contributed by atoms with E-state index in [0.717, 1.165) is 0 Å². The number of aliphatic hydroxyl groups excluding tert-OH is 1. The summed E-state index contributed by atoms with van der Waals surface area (Å²) in [6.07, 6.45) is -0.615. The van der Waals surface area contributed by atoms with Gasteiger partial charge in [-0.25, -0.2) is 0 Å². The van der Waals surface area contributed by atoms with Gasteiger partial charge in [-0.15, -0.1) is 0 Å². The zero-order valence-electron chi connectivity index (χ0n) is 7.93. The molecule has 74 valence electrons. The molecule has 4 heteroatoms. The number of fused-ring (bicyclic) bond motifs is 2. The number of carbonyl (C=O) groups excluding carboxylic acids is 1. The molecule has 2 fully saturated rings. The zero-order valence-corrected chi connectivity index (χ0v) is 7.93. The van der Waals surface area contributed by atoms with E-state index in [9.17, 15) is 9.90 Å². The second-order valence-corrected chi connectivity index (χ2v) is 4.08. The summed E-state index contributed by atoms with van der Waals surface area (Å²) in [5, 5.41) is 9.61. The lowest BCUT2D eigenvalue weighted by Gasteiger charge is -2.27. The van der Waals surface area contributed by atoms with Crippen LogP contribution in [-0.2, 0) is 9.53 Å². The monoisotopic (exact) mass is 185 g/mol. The quantitative estimate of drug-likeness (QED) is 0.605. The highest BCUT2D eigenvalue weighted by molar-refractivity contribution is 5.79. The van der Waals surface area contributed by atoms with Crippen LogP contribution in [0, 0.1) is 5.92 Å². The third-order valence-electron chi connectivity index (χ3n) is 2.81. The Bertz CT molecular complexity index is 229. The molecule has 0 radical (unpaired) electrons. The van der Waals surface area contributed by atoms with Gasteiger partial charge in [-0.2, -0.15) is 0 Å². The fourth-order valence-electron chi connectivity index (χ4n) is 2.02. The number of carbonyl (C=O) groups is 1. The number of ether oxygens (including phenoxy) is 1. The Kier molecular flexibility index (Phi) is 2.04. The number of amides is 1. The molecule has 0 aromatic heterocycles. The van der Waals surface area contributed by atoms with Crippen LogP contribution in [0.5, 0.6) is 0 Å². The van der Waals surface area contributed by atoms with E-state index in [2.05, 4.69) is 0 Å². The maximum atomic E-state index is 11.6. The average Bonchev–Trinajstić information content (AvgIpc) is 2.60. The highest BCUT2D eigenvalue weighted by Gasteiger charge is 2.49. The second kappa shape index (κ2) is 2.96. The maximum Gasteiger partial charge on any atom is 0.225 e. The van der Waals surface area contributed by atoms with Gasteiger partial charge >= 0.3 is 0 Å². The molecule has 0 saturated carbocycles. The Morgan fingerprint density at radius 1 is 1.62 bits per heavy atom. The molecule has 3 atom stereocenters. The predicted octanol–water partition coefficient (Wildman–Crippen LogP) is -0.387. The molecule has 2 aliphatic rings. The van der Waals surface area contributed by atoms with E-state index in [1.807, 2.05) is 13.8 Å². The third-order valence-corrected chi connectivity index (χ3v) is 2.81. The van der Waals surface area contributed by atoms with Gasteiger partial charge in [-0.3, -0.25) is 4.79 Å². The van der Waals surface area contributed by atoms with Crippen LogP contribution in [0.3, 0.4) is 0 Å². The predicted molar refractivity (Wildman–Crippen MR) is 46.1 cm³/mol. The first-order chi connectivity index (χ1) is 6.11. The molecule has 2 rings (SSSR count). The van der Waals surface area contributed by atoms with Crippen molar-refractivity contribution in [1.82, 2.24) is 4.90 Å². The Morgan fingerprint density at radius 3 is 2.69 bits per heavy atom. The third kappa shape index (κ3) is 1.25. The van der Waals surface area contributed by atoms with Gasteiger partial charge in [-0.05, 0) is 0 Å². The minimum atomic E-state index is -0.470. The van der Waals surface area contributed by atoms with Crippen LogP contribution in [0.4, 0.5) is 0 Å². The van der Waals surface area contributed by atoms with E-state index < -0.39 is 6.10 Å². The number of likely N-dealkylation sites (tertiary alicyclic amines) is 1. The van der Waals surface area contributed by atoms with Gasteiger partial charge in [0, 0.05) is 12.5 Å². The van der Waals surface area contributed by atoms with Crippen molar-refractivity contribution in [1.29, 1.82) is 0 Å². The number of aliphatic hydroxyl groups is 1.